The zero-order chi connectivity index (χ0) is 24.5. The predicted octanol–water partition coefficient (Wildman–Crippen LogP) is 4.62. The second kappa shape index (κ2) is 9.30. The number of sulfone groups is 1. The third-order valence-electron chi connectivity index (χ3n) is 5.23. The van der Waals surface area contributed by atoms with Gasteiger partial charge in [0.05, 0.1) is 17.6 Å². The fraction of sp³-hybridized carbons (Fsp3) is 0.208. The number of methoxy groups -OCH3 is 1. The molecule has 7 nitrogen and oxygen atoms in total. The van der Waals surface area contributed by atoms with Gasteiger partial charge in [-0.15, -0.1) is 0 Å². The molecule has 0 bridgehead atoms. The maximum atomic E-state index is 13.2. The monoisotopic (exact) mass is 490 g/mol. The van der Waals surface area contributed by atoms with Crippen LogP contribution in [0.15, 0.2) is 59.5 Å². The van der Waals surface area contributed by atoms with Gasteiger partial charge in [0, 0.05) is 17.4 Å². The molecule has 3 aromatic carbocycles. The average molecular weight is 490 g/mol. The van der Waals surface area contributed by atoms with Gasteiger partial charge < -0.3 is 18.9 Å². The minimum absolute atomic E-state index is 0.0111. The molecule has 0 aliphatic carbocycles. The molecule has 10 heteroatoms. The fourth-order valence-electron chi connectivity index (χ4n) is 3.57. The Morgan fingerprint density at radius 2 is 1.71 bits per heavy atom. The molecule has 0 unspecified atom stereocenters. The van der Waals surface area contributed by atoms with E-state index in [0.717, 1.165) is 6.26 Å². The summed E-state index contributed by atoms with van der Waals surface area (Å²) in [5.74, 6) is -0.647. The number of halogens is 2. The van der Waals surface area contributed by atoms with Crippen molar-refractivity contribution in [3.05, 3.63) is 71.3 Å². The number of esters is 1. The standard InChI is InChI=1S/C24H20F2O7S/c1-30-20-10-9-18(15-5-8-19-16(11-15)13-32-23(19)27)21(22(20)33-24(25)26)31-12-14-3-6-17(7-4-14)34(2,28)29/h3-11,24H,12-13H2,1-2H3. The Morgan fingerprint density at radius 3 is 2.35 bits per heavy atom. The van der Waals surface area contributed by atoms with Crippen LogP contribution in [-0.4, -0.2) is 34.4 Å². The summed E-state index contributed by atoms with van der Waals surface area (Å²) in [5, 5.41) is 0. The molecular formula is C24H20F2O7S. The molecule has 0 saturated heterocycles. The number of carbonyl (C=O) groups is 1. The number of ether oxygens (including phenoxy) is 4. The van der Waals surface area contributed by atoms with Crippen LogP contribution < -0.4 is 14.2 Å². The van der Waals surface area contributed by atoms with Crippen LogP contribution in [0.2, 0.25) is 0 Å². The summed E-state index contributed by atoms with van der Waals surface area (Å²) in [6.07, 6.45) is 1.10. The van der Waals surface area contributed by atoms with Crippen molar-refractivity contribution in [3.8, 4) is 28.4 Å². The first kappa shape index (κ1) is 23.5. The lowest BCUT2D eigenvalue weighted by Crippen LogP contribution is -2.07. The Kier molecular flexibility index (Phi) is 6.43. The van der Waals surface area contributed by atoms with Crippen molar-refractivity contribution in [1.29, 1.82) is 0 Å². The molecule has 178 valence electrons. The molecule has 34 heavy (non-hydrogen) atoms. The number of cyclic esters (lactones) is 1. The van der Waals surface area contributed by atoms with Crippen molar-refractivity contribution in [3.63, 3.8) is 0 Å². The van der Waals surface area contributed by atoms with E-state index in [-0.39, 0.29) is 35.4 Å². The third-order valence-corrected chi connectivity index (χ3v) is 6.36. The van der Waals surface area contributed by atoms with Gasteiger partial charge in [-0.1, -0.05) is 18.2 Å². The van der Waals surface area contributed by atoms with E-state index in [1.54, 1.807) is 36.4 Å². The average Bonchev–Trinajstić information content (AvgIpc) is 3.17. The highest BCUT2D eigenvalue weighted by atomic mass is 32.2. The first-order valence-corrected chi connectivity index (χ1v) is 11.9. The van der Waals surface area contributed by atoms with Gasteiger partial charge in [-0.3, -0.25) is 0 Å². The van der Waals surface area contributed by atoms with Crippen LogP contribution in [0.5, 0.6) is 17.2 Å². The highest BCUT2D eigenvalue weighted by Crippen LogP contribution is 2.46. The van der Waals surface area contributed by atoms with Gasteiger partial charge in [0.1, 0.15) is 13.2 Å². The number of fused-ring (bicyclic) bond motifs is 1. The van der Waals surface area contributed by atoms with Crippen LogP contribution in [0.4, 0.5) is 8.78 Å². The lowest BCUT2D eigenvalue weighted by Gasteiger charge is -2.19. The number of hydrogen-bond donors (Lipinski definition) is 0. The molecular weight excluding hydrogens is 470 g/mol. The van der Waals surface area contributed by atoms with Gasteiger partial charge in [-0.2, -0.15) is 8.78 Å². The van der Waals surface area contributed by atoms with Crippen LogP contribution in [0, 0.1) is 0 Å². The maximum Gasteiger partial charge on any atom is 0.387 e. The van der Waals surface area contributed by atoms with Crippen molar-refractivity contribution in [2.75, 3.05) is 13.4 Å². The first-order valence-electron chi connectivity index (χ1n) is 10.1. The van der Waals surface area contributed by atoms with Gasteiger partial charge in [0.25, 0.3) is 0 Å². The van der Waals surface area contributed by atoms with Crippen LogP contribution in [0.3, 0.4) is 0 Å². The number of hydrogen-bond acceptors (Lipinski definition) is 7. The summed E-state index contributed by atoms with van der Waals surface area (Å²) in [6.45, 7) is -3.08. The van der Waals surface area contributed by atoms with Crippen LogP contribution in [0.25, 0.3) is 11.1 Å². The molecule has 1 heterocycles. The maximum absolute atomic E-state index is 13.2. The summed E-state index contributed by atoms with van der Waals surface area (Å²) in [6, 6.07) is 14.1. The molecule has 0 radical (unpaired) electrons. The Bertz CT molecular complexity index is 1340. The van der Waals surface area contributed by atoms with E-state index in [4.69, 9.17) is 18.9 Å². The molecule has 3 aromatic rings. The highest BCUT2D eigenvalue weighted by Gasteiger charge is 2.25. The fourth-order valence-corrected chi connectivity index (χ4v) is 4.20. The summed E-state index contributed by atoms with van der Waals surface area (Å²) in [4.78, 5) is 11.9. The minimum Gasteiger partial charge on any atom is -0.493 e. The molecule has 1 aliphatic rings. The number of alkyl halides is 2. The van der Waals surface area contributed by atoms with Crippen molar-refractivity contribution < 1.29 is 40.9 Å². The van der Waals surface area contributed by atoms with Gasteiger partial charge in [-0.25, -0.2) is 13.2 Å². The lowest BCUT2D eigenvalue weighted by molar-refractivity contribution is -0.0529. The van der Waals surface area contributed by atoms with Crippen LogP contribution in [-0.2, 0) is 27.8 Å². The molecule has 0 saturated carbocycles. The highest BCUT2D eigenvalue weighted by molar-refractivity contribution is 7.90. The predicted molar refractivity (Wildman–Crippen MR) is 118 cm³/mol. The summed E-state index contributed by atoms with van der Waals surface area (Å²) in [7, 11) is -2.04. The molecule has 0 atom stereocenters. The van der Waals surface area contributed by atoms with Gasteiger partial charge in [-0.05, 0) is 47.5 Å². The van der Waals surface area contributed by atoms with Crippen molar-refractivity contribution in [2.45, 2.75) is 24.7 Å². The minimum atomic E-state index is -3.36. The molecule has 1 aliphatic heterocycles. The number of benzene rings is 3. The molecule has 4 rings (SSSR count). The SMILES string of the molecule is COc1ccc(-c2ccc3c(c2)COC3=O)c(OCc2ccc(S(C)(=O)=O)cc2)c1OC(F)F. The molecule has 0 aromatic heterocycles. The summed E-state index contributed by atoms with van der Waals surface area (Å²) < 4.78 is 70.8. The van der Waals surface area contributed by atoms with E-state index in [1.807, 2.05) is 0 Å². The third kappa shape index (κ3) is 4.81. The molecule has 0 amide bonds. The molecule has 0 N–H and O–H groups in total. The Labute approximate surface area is 194 Å². The van der Waals surface area contributed by atoms with Crippen molar-refractivity contribution >= 4 is 15.8 Å². The van der Waals surface area contributed by atoms with Crippen LogP contribution >= 0.6 is 0 Å². The van der Waals surface area contributed by atoms with E-state index in [0.29, 0.717) is 27.8 Å². The van der Waals surface area contributed by atoms with Gasteiger partial charge >= 0.3 is 12.6 Å². The number of carbonyl (C=O) groups excluding carboxylic acids is 1. The quantitative estimate of drug-likeness (QED) is 0.426. The second-order valence-corrected chi connectivity index (χ2v) is 9.52. The van der Waals surface area contributed by atoms with Crippen molar-refractivity contribution in [2.24, 2.45) is 0 Å². The Balaban J connectivity index is 1.74. The molecule has 0 spiro atoms. The van der Waals surface area contributed by atoms with E-state index in [9.17, 15) is 22.0 Å². The van der Waals surface area contributed by atoms with E-state index < -0.39 is 22.4 Å². The lowest BCUT2D eigenvalue weighted by atomic mass is 9.99. The zero-order valence-corrected chi connectivity index (χ0v) is 19.0. The summed E-state index contributed by atoms with van der Waals surface area (Å²) >= 11 is 0. The zero-order valence-electron chi connectivity index (χ0n) is 18.2. The second-order valence-electron chi connectivity index (χ2n) is 7.50. The van der Waals surface area contributed by atoms with Gasteiger partial charge in [0.2, 0.25) is 5.75 Å². The normalized spacial score (nSPS) is 12.9. The van der Waals surface area contributed by atoms with E-state index in [1.165, 1.54) is 25.3 Å². The Morgan fingerprint density at radius 1 is 1.00 bits per heavy atom. The topological polar surface area (TPSA) is 88.1 Å². The van der Waals surface area contributed by atoms with E-state index in [2.05, 4.69) is 0 Å². The van der Waals surface area contributed by atoms with Crippen LogP contribution in [0.1, 0.15) is 21.5 Å². The summed E-state index contributed by atoms with van der Waals surface area (Å²) in [5.41, 5.74) is 2.75. The largest absolute Gasteiger partial charge is 0.493 e. The Hall–Kier alpha value is -3.66. The first-order chi connectivity index (χ1) is 16.2. The van der Waals surface area contributed by atoms with Gasteiger partial charge in [0.15, 0.2) is 21.3 Å². The molecule has 0 fully saturated rings. The smallest absolute Gasteiger partial charge is 0.387 e. The van der Waals surface area contributed by atoms with Crippen molar-refractivity contribution in [1.82, 2.24) is 0 Å². The van der Waals surface area contributed by atoms with E-state index >= 15 is 0 Å². The number of rotatable bonds is 8.